The summed E-state index contributed by atoms with van der Waals surface area (Å²) in [5.74, 6) is 0.618. The summed E-state index contributed by atoms with van der Waals surface area (Å²) in [5, 5.41) is 0.871. The Morgan fingerprint density at radius 3 is 2.53 bits per heavy atom. The minimum atomic E-state index is -0.345. The highest BCUT2D eigenvalue weighted by Crippen LogP contribution is 2.32. The van der Waals surface area contributed by atoms with Crippen LogP contribution in [0.25, 0.3) is 0 Å². The molecule has 0 aliphatic heterocycles. The van der Waals surface area contributed by atoms with Gasteiger partial charge in [-0.2, -0.15) is 0 Å². The molecule has 0 fully saturated rings. The van der Waals surface area contributed by atoms with E-state index in [2.05, 4.69) is 15.9 Å². The number of methoxy groups -OCH3 is 2. The Hall–Kier alpha value is -0.770. The molecule has 0 aliphatic rings. The largest absolute Gasteiger partial charge is 0.496 e. The lowest BCUT2D eigenvalue weighted by Crippen LogP contribution is -1.99. The number of rotatable bonds is 5. The highest BCUT2D eigenvalue weighted by Gasteiger charge is 2.14. The molecule has 1 aromatic rings. The lowest BCUT2D eigenvalue weighted by Gasteiger charge is -2.13. The first-order chi connectivity index (χ1) is 7.24. The van der Waals surface area contributed by atoms with E-state index < -0.39 is 0 Å². The summed E-state index contributed by atoms with van der Waals surface area (Å²) in [5.41, 5.74) is 0.791. The second-order valence-corrected chi connectivity index (χ2v) is 3.85. The van der Waals surface area contributed by atoms with E-state index in [4.69, 9.17) is 9.47 Å². The van der Waals surface area contributed by atoms with Crippen molar-refractivity contribution in [1.82, 2.24) is 0 Å². The fraction of sp³-hybridized carbons (Fsp3) is 0.455. The first-order valence-corrected chi connectivity index (χ1v) is 5.82. The maximum absolute atomic E-state index is 13.4. The van der Waals surface area contributed by atoms with Gasteiger partial charge in [0.2, 0.25) is 0 Å². The van der Waals surface area contributed by atoms with Gasteiger partial charge < -0.3 is 9.47 Å². The van der Waals surface area contributed by atoms with E-state index in [0.29, 0.717) is 5.75 Å². The predicted octanol–water partition coefficient (Wildman–Crippen LogP) is 3.17. The van der Waals surface area contributed by atoms with E-state index >= 15 is 0 Å². The third-order valence-electron chi connectivity index (χ3n) is 2.15. The van der Waals surface area contributed by atoms with Crippen LogP contribution in [0.4, 0.5) is 4.39 Å². The van der Waals surface area contributed by atoms with Crippen LogP contribution in [0.15, 0.2) is 12.1 Å². The standard InChI is InChI=1S/C11H14BrFO2/c1-14-10-6-5-9(13)11(15-2)8(10)4-3-7-12/h5-6H,3-4,7H2,1-2H3. The normalized spacial score (nSPS) is 10.1. The van der Waals surface area contributed by atoms with Crippen LogP contribution >= 0.6 is 15.9 Å². The Morgan fingerprint density at radius 2 is 2.00 bits per heavy atom. The number of halogens is 2. The molecule has 0 heterocycles. The van der Waals surface area contributed by atoms with Gasteiger partial charge in [-0.05, 0) is 25.0 Å². The van der Waals surface area contributed by atoms with E-state index in [-0.39, 0.29) is 11.6 Å². The van der Waals surface area contributed by atoms with Crippen LogP contribution in [0.3, 0.4) is 0 Å². The molecule has 0 radical (unpaired) electrons. The zero-order chi connectivity index (χ0) is 11.3. The molecular weight excluding hydrogens is 263 g/mol. The third kappa shape index (κ3) is 2.84. The molecule has 0 N–H and O–H groups in total. The zero-order valence-electron chi connectivity index (χ0n) is 8.85. The minimum absolute atomic E-state index is 0.287. The highest BCUT2D eigenvalue weighted by molar-refractivity contribution is 9.09. The molecule has 0 spiro atoms. The molecule has 0 bridgehead atoms. The van der Waals surface area contributed by atoms with Crippen LogP contribution in [0.5, 0.6) is 11.5 Å². The summed E-state index contributed by atoms with van der Waals surface area (Å²) in [6.07, 6.45) is 1.64. The third-order valence-corrected chi connectivity index (χ3v) is 2.71. The highest BCUT2D eigenvalue weighted by atomic mass is 79.9. The molecule has 2 nitrogen and oxygen atoms in total. The summed E-state index contributed by atoms with van der Waals surface area (Å²) in [4.78, 5) is 0. The van der Waals surface area contributed by atoms with Gasteiger partial charge in [0.25, 0.3) is 0 Å². The average molecular weight is 277 g/mol. The van der Waals surface area contributed by atoms with Crippen molar-refractivity contribution in [1.29, 1.82) is 0 Å². The van der Waals surface area contributed by atoms with Crippen molar-refractivity contribution in [2.75, 3.05) is 19.5 Å². The molecule has 4 heteroatoms. The Bertz CT molecular complexity index is 329. The SMILES string of the molecule is COc1ccc(F)c(OC)c1CCCBr. The van der Waals surface area contributed by atoms with Gasteiger partial charge in [0.05, 0.1) is 14.2 Å². The van der Waals surface area contributed by atoms with Crippen LogP contribution < -0.4 is 9.47 Å². The smallest absolute Gasteiger partial charge is 0.165 e. The molecule has 0 unspecified atom stereocenters. The molecule has 0 amide bonds. The van der Waals surface area contributed by atoms with Gasteiger partial charge in [-0.15, -0.1) is 0 Å². The fourth-order valence-corrected chi connectivity index (χ4v) is 1.75. The van der Waals surface area contributed by atoms with Gasteiger partial charge >= 0.3 is 0 Å². The Morgan fingerprint density at radius 1 is 1.27 bits per heavy atom. The lowest BCUT2D eigenvalue weighted by atomic mass is 10.1. The van der Waals surface area contributed by atoms with Gasteiger partial charge in [0, 0.05) is 10.9 Å². The van der Waals surface area contributed by atoms with Crippen molar-refractivity contribution in [3.8, 4) is 11.5 Å². The van der Waals surface area contributed by atoms with Gasteiger partial charge in [-0.25, -0.2) is 4.39 Å². The fourth-order valence-electron chi connectivity index (χ4n) is 1.47. The second kappa shape index (κ2) is 5.95. The summed E-state index contributed by atoms with van der Waals surface area (Å²) >= 11 is 3.34. The van der Waals surface area contributed by atoms with Crippen LogP contribution in [-0.2, 0) is 6.42 Å². The maximum Gasteiger partial charge on any atom is 0.165 e. The molecule has 0 aromatic heterocycles. The van der Waals surface area contributed by atoms with Crippen LogP contribution in [0.2, 0.25) is 0 Å². The Kier molecular flexibility index (Phi) is 4.88. The topological polar surface area (TPSA) is 18.5 Å². The van der Waals surface area contributed by atoms with Crippen molar-refractivity contribution in [2.45, 2.75) is 12.8 Å². The number of benzene rings is 1. The summed E-state index contributed by atoms with van der Waals surface area (Å²) < 4.78 is 23.6. The second-order valence-electron chi connectivity index (χ2n) is 3.05. The predicted molar refractivity (Wildman–Crippen MR) is 61.6 cm³/mol. The summed E-state index contributed by atoms with van der Waals surface area (Å²) in [6.45, 7) is 0. The van der Waals surface area contributed by atoms with Crippen molar-refractivity contribution >= 4 is 15.9 Å². The molecule has 0 atom stereocenters. The number of ether oxygens (including phenoxy) is 2. The van der Waals surface area contributed by atoms with Crippen molar-refractivity contribution in [3.63, 3.8) is 0 Å². The van der Waals surface area contributed by atoms with E-state index in [0.717, 1.165) is 23.7 Å². The summed E-state index contributed by atoms with van der Waals surface area (Å²) in [6, 6.07) is 2.98. The van der Waals surface area contributed by atoms with Gasteiger partial charge in [0.15, 0.2) is 11.6 Å². The molecule has 0 aliphatic carbocycles. The Labute approximate surface area is 97.5 Å². The number of hydrogen-bond donors (Lipinski definition) is 0. The molecule has 84 valence electrons. The monoisotopic (exact) mass is 276 g/mol. The molecular formula is C11H14BrFO2. The summed E-state index contributed by atoms with van der Waals surface area (Å²) in [7, 11) is 3.04. The van der Waals surface area contributed by atoms with Gasteiger partial charge in [-0.1, -0.05) is 15.9 Å². The lowest BCUT2D eigenvalue weighted by molar-refractivity contribution is 0.365. The maximum atomic E-state index is 13.4. The first kappa shape index (κ1) is 12.3. The molecule has 0 saturated heterocycles. The zero-order valence-corrected chi connectivity index (χ0v) is 10.4. The molecule has 1 aromatic carbocycles. The average Bonchev–Trinajstić information content (AvgIpc) is 2.26. The minimum Gasteiger partial charge on any atom is -0.496 e. The molecule has 1 rings (SSSR count). The van der Waals surface area contributed by atoms with Crippen LogP contribution in [0.1, 0.15) is 12.0 Å². The van der Waals surface area contributed by atoms with E-state index in [1.54, 1.807) is 13.2 Å². The quantitative estimate of drug-likeness (QED) is 0.770. The van der Waals surface area contributed by atoms with Crippen molar-refractivity contribution < 1.29 is 13.9 Å². The number of hydrogen-bond acceptors (Lipinski definition) is 2. The van der Waals surface area contributed by atoms with Crippen LogP contribution in [0, 0.1) is 5.82 Å². The van der Waals surface area contributed by atoms with Crippen molar-refractivity contribution in [3.05, 3.63) is 23.5 Å². The van der Waals surface area contributed by atoms with E-state index in [1.807, 2.05) is 0 Å². The van der Waals surface area contributed by atoms with Gasteiger partial charge in [0.1, 0.15) is 5.75 Å². The Balaban J connectivity index is 3.09. The number of alkyl halides is 1. The molecule has 15 heavy (non-hydrogen) atoms. The van der Waals surface area contributed by atoms with E-state index in [9.17, 15) is 4.39 Å². The van der Waals surface area contributed by atoms with E-state index in [1.165, 1.54) is 13.2 Å². The van der Waals surface area contributed by atoms with Crippen LogP contribution in [-0.4, -0.2) is 19.5 Å². The van der Waals surface area contributed by atoms with Gasteiger partial charge in [-0.3, -0.25) is 0 Å². The first-order valence-electron chi connectivity index (χ1n) is 4.70. The molecule has 0 saturated carbocycles. The van der Waals surface area contributed by atoms with Crippen molar-refractivity contribution in [2.24, 2.45) is 0 Å².